The fraction of sp³-hybridized carbons (Fsp3) is 0.333. The number of rotatable bonds is 5. The summed E-state index contributed by atoms with van der Waals surface area (Å²) in [5, 5.41) is 6.46. The Hall–Kier alpha value is -1.84. The summed E-state index contributed by atoms with van der Waals surface area (Å²) in [6.07, 6.45) is 1.43. The zero-order valence-electron chi connectivity index (χ0n) is 17.1. The lowest BCUT2D eigenvalue weighted by Gasteiger charge is -2.11. The Morgan fingerprint density at radius 3 is 1.47 bits per heavy atom. The minimum atomic E-state index is -4.36. The van der Waals surface area contributed by atoms with Crippen molar-refractivity contribution in [2.75, 3.05) is 10.6 Å². The molecule has 2 aliphatic rings. The molecule has 2 aliphatic heterocycles. The Balaban J connectivity index is 1.84. The lowest BCUT2D eigenvalue weighted by atomic mass is 10.3. The maximum Gasteiger partial charge on any atom is 0.294 e. The van der Waals surface area contributed by atoms with Crippen molar-refractivity contribution in [3.05, 3.63) is 36.4 Å². The predicted molar refractivity (Wildman–Crippen MR) is 124 cm³/mol. The quantitative estimate of drug-likeness (QED) is 0.346. The van der Waals surface area contributed by atoms with E-state index >= 15 is 0 Å². The first kappa shape index (κ1) is 23.3. The second kappa shape index (κ2) is 8.50. The molecule has 0 aromatic heterocycles. The Morgan fingerprint density at radius 2 is 1.16 bits per heavy atom. The molecule has 174 valence electrons. The maximum atomic E-state index is 11.6. The van der Waals surface area contributed by atoms with Crippen molar-refractivity contribution in [2.24, 2.45) is 8.94 Å². The van der Waals surface area contributed by atoms with Gasteiger partial charge in [0.2, 0.25) is 0 Å². The Morgan fingerprint density at radius 1 is 0.781 bits per heavy atom. The zero-order chi connectivity index (χ0) is 23.3. The molecular weight excluding hydrogens is 496 g/mol. The van der Waals surface area contributed by atoms with Crippen molar-refractivity contribution in [3.63, 3.8) is 0 Å². The normalized spacial score (nSPS) is 24.8. The van der Waals surface area contributed by atoms with E-state index in [0.29, 0.717) is 22.6 Å². The number of nitrogens with one attached hydrogen (secondary N) is 2. The van der Waals surface area contributed by atoms with E-state index in [1.807, 2.05) is 13.8 Å². The maximum absolute atomic E-state index is 11.6. The van der Waals surface area contributed by atoms with Crippen molar-refractivity contribution in [1.82, 2.24) is 0 Å². The third kappa shape index (κ3) is 4.34. The van der Waals surface area contributed by atoms with Gasteiger partial charge in [-0.15, -0.1) is 8.94 Å². The zero-order valence-corrected chi connectivity index (χ0v) is 20.4. The summed E-state index contributed by atoms with van der Waals surface area (Å²) in [6, 6.07) is 8.69. The van der Waals surface area contributed by atoms with E-state index in [9.17, 15) is 25.9 Å². The fourth-order valence-corrected chi connectivity index (χ4v) is 8.53. The summed E-state index contributed by atoms with van der Waals surface area (Å²) in [5.74, 6) is 0. The van der Waals surface area contributed by atoms with Crippen LogP contribution in [0.5, 0.6) is 0 Å². The summed E-state index contributed by atoms with van der Waals surface area (Å²) in [6.45, 7) is 3.95. The first-order valence-corrected chi connectivity index (χ1v) is 15.0. The van der Waals surface area contributed by atoms with Crippen LogP contribution < -0.4 is 10.6 Å². The number of fused-ring (bicyclic) bond motifs is 2. The van der Waals surface area contributed by atoms with Crippen molar-refractivity contribution >= 4 is 53.0 Å². The standard InChI is InChI=1S/C18H22N4O6S4/c1-3-17-19-13-7-5-11(31(23,24)25)9-15(13)29(17)21-22-30-16-10-12(32(26,27)28)6-8-14(16)20-18(30)4-2/h5-10,17-20H,3-4H2,1-2H3,(H,23,24,25)(H,26,27,28). The molecule has 14 heteroatoms. The van der Waals surface area contributed by atoms with Crippen LogP contribution in [0.3, 0.4) is 0 Å². The highest BCUT2D eigenvalue weighted by molar-refractivity contribution is 7.90. The lowest BCUT2D eigenvalue weighted by Crippen LogP contribution is -2.17. The van der Waals surface area contributed by atoms with E-state index < -0.39 is 41.6 Å². The van der Waals surface area contributed by atoms with Crippen molar-refractivity contribution in [1.29, 1.82) is 0 Å². The molecule has 32 heavy (non-hydrogen) atoms. The van der Waals surface area contributed by atoms with E-state index in [-0.39, 0.29) is 20.5 Å². The van der Waals surface area contributed by atoms with Crippen molar-refractivity contribution < 1.29 is 25.9 Å². The Labute approximate surface area is 191 Å². The number of hydrogen-bond acceptors (Lipinski definition) is 6. The molecule has 0 spiro atoms. The van der Waals surface area contributed by atoms with Gasteiger partial charge in [0.25, 0.3) is 20.2 Å². The molecule has 2 heterocycles. The largest absolute Gasteiger partial charge is 0.371 e. The molecule has 0 saturated heterocycles. The molecule has 4 N–H and O–H groups in total. The van der Waals surface area contributed by atoms with Crippen LogP contribution in [0.15, 0.2) is 64.9 Å². The highest BCUT2D eigenvalue weighted by Crippen LogP contribution is 2.37. The van der Waals surface area contributed by atoms with Crippen LogP contribution in [-0.4, -0.2) is 36.7 Å². The van der Waals surface area contributed by atoms with Crippen LogP contribution >= 0.6 is 0 Å². The monoisotopic (exact) mass is 518 g/mol. The van der Waals surface area contributed by atoms with E-state index in [1.54, 1.807) is 12.1 Å². The lowest BCUT2D eigenvalue weighted by molar-refractivity contribution is 0.480. The summed E-state index contributed by atoms with van der Waals surface area (Å²) in [7, 11) is -10.3. The minimum Gasteiger partial charge on any atom is -0.371 e. The average molecular weight is 519 g/mol. The first-order chi connectivity index (χ1) is 15.0. The van der Waals surface area contributed by atoms with Gasteiger partial charge in [0.1, 0.15) is 0 Å². The fourth-order valence-electron chi connectivity index (χ4n) is 3.47. The second-order valence-electron chi connectivity index (χ2n) is 7.14. The Bertz CT molecular complexity index is 1270. The van der Waals surface area contributed by atoms with Crippen LogP contribution in [0.4, 0.5) is 11.4 Å². The van der Waals surface area contributed by atoms with Gasteiger partial charge in [-0.25, -0.2) is 0 Å². The van der Waals surface area contributed by atoms with Crippen LogP contribution in [0.1, 0.15) is 26.7 Å². The van der Waals surface area contributed by atoms with E-state index in [1.165, 1.54) is 24.3 Å². The molecular formula is C18H22N4O6S4. The van der Waals surface area contributed by atoms with Crippen LogP contribution in [-0.2, 0) is 41.6 Å². The molecule has 10 nitrogen and oxygen atoms in total. The summed E-state index contributed by atoms with van der Waals surface area (Å²) in [5.41, 5.74) is 1.47. The molecule has 0 aliphatic carbocycles. The van der Waals surface area contributed by atoms with Crippen LogP contribution in [0.2, 0.25) is 0 Å². The van der Waals surface area contributed by atoms with E-state index in [2.05, 4.69) is 19.6 Å². The van der Waals surface area contributed by atoms with Crippen LogP contribution in [0.25, 0.3) is 0 Å². The molecule has 0 radical (unpaired) electrons. The SMILES string of the molecule is CCC1Nc2ccc(S(=O)(=O)O)cc2S1=NN=S1c2cc(S(=O)(=O)O)ccc2NC1CC. The number of anilines is 2. The molecule has 4 atom stereocenters. The van der Waals surface area contributed by atoms with Gasteiger partial charge in [0, 0.05) is 21.2 Å². The second-order valence-corrected chi connectivity index (χ2v) is 13.6. The van der Waals surface area contributed by atoms with E-state index in [4.69, 9.17) is 0 Å². The number of hydrogen-bond donors (Lipinski definition) is 4. The summed E-state index contributed by atoms with van der Waals surface area (Å²) < 4.78 is 74.4. The topological polar surface area (TPSA) is 158 Å². The van der Waals surface area contributed by atoms with Gasteiger partial charge < -0.3 is 10.6 Å². The minimum absolute atomic E-state index is 0.0896. The van der Waals surface area contributed by atoms with Gasteiger partial charge in [-0.05, 0) is 70.6 Å². The molecule has 0 amide bonds. The molecule has 0 fully saturated rings. The van der Waals surface area contributed by atoms with Crippen molar-refractivity contribution in [3.8, 4) is 0 Å². The number of nitrogens with zero attached hydrogens (tertiary/aromatic N) is 2. The van der Waals surface area contributed by atoms with Crippen molar-refractivity contribution in [2.45, 2.75) is 57.0 Å². The van der Waals surface area contributed by atoms with Gasteiger partial charge in [-0.2, -0.15) is 16.8 Å². The molecule has 0 bridgehead atoms. The van der Waals surface area contributed by atoms with Gasteiger partial charge in [0.15, 0.2) is 0 Å². The predicted octanol–water partition coefficient (Wildman–Crippen LogP) is 3.44. The number of benzene rings is 2. The summed E-state index contributed by atoms with van der Waals surface area (Å²) >= 11 is 0. The van der Waals surface area contributed by atoms with Gasteiger partial charge >= 0.3 is 0 Å². The average Bonchev–Trinajstić information content (AvgIpc) is 3.27. The third-order valence-electron chi connectivity index (χ3n) is 5.08. The molecule has 4 unspecified atom stereocenters. The Kier molecular flexibility index (Phi) is 6.19. The third-order valence-corrected chi connectivity index (χ3v) is 11.0. The smallest absolute Gasteiger partial charge is 0.294 e. The molecule has 0 saturated carbocycles. The van der Waals surface area contributed by atoms with Gasteiger partial charge in [-0.1, -0.05) is 13.8 Å². The highest BCUT2D eigenvalue weighted by atomic mass is 32.2. The van der Waals surface area contributed by atoms with Gasteiger partial charge in [0.05, 0.1) is 20.5 Å². The highest BCUT2D eigenvalue weighted by Gasteiger charge is 2.30. The van der Waals surface area contributed by atoms with E-state index in [0.717, 1.165) is 11.4 Å². The summed E-state index contributed by atoms with van der Waals surface area (Å²) in [4.78, 5) is 0.877. The molecule has 2 aromatic rings. The van der Waals surface area contributed by atoms with Crippen LogP contribution in [0, 0.1) is 0 Å². The molecule has 2 aromatic carbocycles. The van der Waals surface area contributed by atoms with Gasteiger partial charge in [-0.3, -0.25) is 9.11 Å². The first-order valence-electron chi connectivity index (χ1n) is 9.67. The molecule has 4 rings (SSSR count).